The summed E-state index contributed by atoms with van der Waals surface area (Å²) in [5.41, 5.74) is 0.940. The Kier molecular flexibility index (Phi) is 5.16. The zero-order chi connectivity index (χ0) is 13.5. The molecule has 1 N–H and O–H groups in total. The summed E-state index contributed by atoms with van der Waals surface area (Å²) in [4.78, 5) is 4.40. The Morgan fingerprint density at radius 3 is 2.84 bits per heavy atom. The molecule has 1 aromatic carbocycles. The summed E-state index contributed by atoms with van der Waals surface area (Å²) < 4.78 is 5.94. The maximum atomic E-state index is 5.94. The maximum absolute atomic E-state index is 5.94. The van der Waals surface area contributed by atoms with Gasteiger partial charge < -0.3 is 10.1 Å². The van der Waals surface area contributed by atoms with Crippen LogP contribution in [0.2, 0.25) is 0 Å². The number of nitrogens with zero attached hydrogens (tertiary/aromatic N) is 1. The lowest BCUT2D eigenvalue weighted by Crippen LogP contribution is -2.34. The van der Waals surface area contributed by atoms with E-state index in [4.69, 9.17) is 4.74 Å². The van der Waals surface area contributed by atoms with E-state index in [-0.39, 0.29) is 0 Å². The topological polar surface area (TPSA) is 34.1 Å². The van der Waals surface area contributed by atoms with Gasteiger partial charge in [0.25, 0.3) is 0 Å². The number of hydrogen-bond acceptors (Lipinski definition) is 3. The Bertz CT molecular complexity index is 508. The van der Waals surface area contributed by atoms with E-state index in [0.717, 1.165) is 36.0 Å². The number of nitrogens with one attached hydrogen (secondary N) is 1. The third-order valence-electron chi connectivity index (χ3n) is 3.21. The number of pyridine rings is 1. The van der Waals surface area contributed by atoms with Gasteiger partial charge in [-0.15, -0.1) is 0 Å². The lowest BCUT2D eigenvalue weighted by Gasteiger charge is -2.17. The molecule has 0 spiro atoms. The first kappa shape index (κ1) is 13.8. The predicted molar refractivity (Wildman–Crippen MR) is 79.6 cm³/mol. The van der Waals surface area contributed by atoms with Crippen molar-refractivity contribution >= 4 is 10.9 Å². The molecule has 0 aliphatic carbocycles. The molecule has 1 heterocycles. The fraction of sp³-hybridized carbons (Fsp3) is 0.438. The van der Waals surface area contributed by atoms with Gasteiger partial charge >= 0.3 is 0 Å². The van der Waals surface area contributed by atoms with Crippen molar-refractivity contribution < 1.29 is 4.74 Å². The van der Waals surface area contributed by atoms with Gasteiger partial charge in [-0.05, 0) is 31.5 Å². The van der Waals surface area contributed by atoms with E-state index >= 15 is 0 Å². The minimum Gasteiger partial charge on any atom is -0.490 e. The second kappa shape index (κ2) is 7.10. The fourth-order valence-electron chi connectivity index (χ4n) is 2.05. The summed E-state index contributed by atoms with van der Waals surface area (Å²) in [6, 6.07) is 10.5. The first-order valence-electron chi connectivity index (χ1n) is 7.05. The van der Waals surface area contributed by atoms with Crippen LogP contribution in [0.5, 0.6) is 5.75 Å². The van der Waals surface area contributed by atoms with Crippen LogP contribution in [0.25, 0.3) is 10.9 Å². The van der Waals surface area contributed by atoms with E-state index in [2.05, 4.69) is 36.3 Å². The molecule has 0 aliphatic heterocycles. The zero-order valence-electron chi connectivity index (χ0n) is 11.7. The average Bonchev–Trinajstić information content (AvgIpc) is 2.47. The number of hydrogen-bond donors (Lipinski definition) is 1. The second-order valence-electron chi connectivity index (χ2n) is 4.70. The highest BCUT2D eigenvalue weighted by Crippen LogP contribution is 2.23. The van der Waals surface area contributed by atoms with Crippen LogP contribution in [-0.2, 0) is 0 Å². The monoisotopic (exact) mass is 258 g/mol. The van der Waals surface area contributed by atoms with E-state index in [1.54, 1.807) is 0 Å². The van der Waals surface area contributed by atoms with Gasteiger partial charge in [-0.2, -0.15) is 0 Å². The Morgan fingerprint density at radius 1 is 1.21 bits per heavy atom. The molecule has 0 saturated heterocycles. The summed E-state index contributed by atoms with van der Waals surface area (Å²) in [6.07, 6.45) is 4.02. The summed E-state index contributed by atoms with van der Waals surface area (Å²) in [6.45, 7) is 6.08. The number of ether oxygens (including phenoxy) is 1. The van der Waals surface area contributed by atoms with Crippen LogP contribution in [0.3, 0.4) is 0 Å². The molecular formula is C16H22N2O. The van der Waals surface area contributed by atoms with E-state index < -0.39 is 0 Å². The first-order chi connectivity index (χ1) is 9.35. The summed E-state index contributed by atoms with van der Waals surface area (Å²) >= 11 is 0. The Labute approximate surface area is 115 Å². The molecule has 0 fully saturated rings. The van der Waals surface area contributed by atoms with Gasteiger partial charge in [0.2, 0.25) is 0 Å². The van der Waals surface area contributed by atoms with Gasteiger partial charge in [-0.1, -0.05) is 32.0 Å². The molecule has 3 heteroatoms. The molecule has 3 nitrogen and oxygen atoms in total. The lowest BCUT2D eigenvalue weighted by molar-refractivity contribution is 0.262. The van der Waals surface area contributed by atoms with Crippen molar-refractivity contribution in [2.24, 2.45) is 0 Å². The van der Waals surface area contributed by atoms with E-state index in [0.29, 0.717) is 12.6 Å². The smallest absolute Gasteiger partial charge is 0.145 e. The number of para-hydroxylation sites is 1. The minimum absolute atomic E-state index is 0.402. The second-order valence-corrected chi connectivity index (χ2v) is 4.70. The molecular weight excluding hydrogens is 236 g/mol. The standard InChI is InChI=1S/C16H22N2O/c1-3-10-17-14(4-2)12-19-15-9-5-7-13-8-6-11-18-16(13)15/h5-9,11,14,17H,3-4,10,12H2,1-2H3. The van der Waals surface area contributed by atoms with Crippen molar-refractivity contribution in [3.05, 3.63) is 36.5 Å². The molecule has 0 bridgehead atoms. The highest BCUT2D eigenvalue weighted by Gasteiger charge is 2.08. The van der Waals surface area contributed by atoms with Crippen molar-refractivity contribution in [1.29, 1.82) is 0 Å². The third-order valence-corrected chi connectivity index (χ3v) is 3.21. The molecule has 2 aromatic rings. The maximum Gasteiger partial charge on any atom is 0.145 e. The summed E-state index contributed by atoms with van der Waals surface area (Å²) in [5.74, 6) is 0.870. The number of benzene rings is 1. The summed E-state index contributed by atoms with van der Waals surface area (Å²) in [5, 5.41) is 4.61. The Balaban J connectivity index is 2.04. The molecule has 19 heavy (non-hydrogen) atoms. The molecule has 0 radical (unpaired) electrons. The van der Waals surface area contributed by atoms with E-state index in [1.165, 1.54) is 0 Å². The Hall–Kier alpha value is -1.61. The normalized spacial score (nSPS) is 12.5. The zero-order valence-corrected chi connectivity index (χ0v) is 11.7. The highest BCUT2D eigenvalue weighted by molar-refractivity contribution is 5.84. The largest absolute Gasteiger partial charge is 0.490 e. The number of aromatic nitrogens is 1. The minimum atomic E-state index is 0.402. The molecule has 0 saturated carbocycles. The Morgan fingerprint density at radius 2 is 2.05 bits per heavy atom. The van der Waals surface area contributed by atoms with Gasteiger partial charge in [0.05, 0.1) is 0 Å². The van der Waals surface area contributed by atoms with Gasteiger partial charge in [-0.3, -0.25) is 4.98 Å². The van der Waals surface area contributed by atoms with Crippen molar-refractivity contribution in [2.45, 2.75) is 32.7 Å². The number of fused-ring (bicyclic) bond motifs is 1. The van der Waals surface area contributed by atoms with Crippen LogP contribution in [-0.4, -0.2) is 24.2 Å². The molecule has 0 aliphatic rings. The van der Waals surface area contributed by atoms with Gasteiger partial charge in [-0.25, -0.2) is 0 Å². The molecule has 0 amide bonds. The molecule has 1 aromatic heterocycles. The van der Waals surface area contributed by atoms with Gasteiger partial charge in [0.1, 0.15) is 17.9 Å². The van der Waals surface area contributed by atoms with Crippen molar-refractivity contribution in [1.82, 2.24) is 10.3 Å². The molecule has 1 atom stereocenters. The quantitative estimate of drug-likeness (QED) is 0.826. The van der Waals surface area contributed by atoms with Crippen molar-refractivity contribution in [3.8, 4) is 5.75 Å². The third kappa shape index (κ3) is 3.67. The number of rotatable bonds is 7. The van der Waals surface area contributed by atoms with E-state index in [1.807, 2.05) is 24.4 Å². The first-order valence-corrected chi connectivity index (χ1v) is 7.05. The van der Waals surface area contributed by atoms with E-state index in [9.17, 15) is 0 Å². The average molecular weight is 258 g/mol. The lowest BCUT2D eigenvalue weighted by atomic mass is 10.2. The molecule has 1 unspecified atom stereocenters. The van der Waals surface area contributed by atoms with Crippen LogP contribution in [0.1, 0.15) is 26.7 Å². The molecule has 2 rings (SSSR count). The fourth-order valence-corrected chi connectivity index (χ4v) is 2.05. The summed E-state index contributed by atoms with van der Waals surface area (Å²) in [7, 11) is 0. The molecule has 102 valence electrons. The van der Waals surface area contributed by atoms with Crippen LogP contribution < -0.4 is 10.1 Å². The van der Waals surface area contributed by atoms with Crippen LogP contribution in [0, 0.1) is 0 Å². The van der Waals surface area contributed by atoms with Gasteiger partial charge in [0, 0.05) is 17.6 Å². The SMILES string of the molecule is CCCNC(CC)COc1cccc2cccnc12. The van der Waals surface area contributed by atoms with Crippen LogP contribution in [0.15, 0.2) is 36.5 Å². The van der Waals surface area contributed by atoms with Crippen LogP contribution >= 0.6 is 0 Å². The highest BCUT2D eigenvalue weighted by atomic mass is 16.5. The van der Waals surface area contributed by atoms with Crippen LogP contribution in [0.4, 0.5) is 0 Å². The van der Waals surface area contributed by atoms with Crippen molar-refractivity contribution in [2.75, 3.05) is 13.2 Å². The van der Waals surface area contributed by atoms with Gasteiger partial charge in [0.15, 0.2) is 0 Å². The predicted octanol–water partition coefficient (Wildman–Crippen LogP) is 3.39. The van der Waals surface area contributed by atoms with Crippen molar-refractivity contribution in [3.63, 3.8) is 0 Å².